The first kappa shape index (κ1) is 29.3. The summed E-state index contributed by atoms with van der Waals surface area (Å²) in [6.45, 7) is 6.87. The smallest absolute Gasteiger partial charge is 0 e. The predicted molar refractivity (Wildman–Crippen MR) is 57.1 cm³/mol. The maximum Gasteiger partial charge on any atom is 0 e. The molecule has 0 unspecified atom stereocenters. The molecule has 0 atom stereocenters. The van der Waals surface area contributed by atoms with Crippen molar-refractivity contribution >= 4 is 26.8 Å². The van der Waals surface area contributed by atoms with Crippen molar-refractivity contribution in [3.63, 3.8) is 0 Å². The van der Waals surface area contributed by atoms with Crippen LogP contribution in [0.5, 0.6) is 0 Å². The molecule has 0 saturated carbocycles. The predicted octanol–water partition coefficient (Wildman–Crippen LogP) is 3.05. The van der Waals surface area contributed by atoms with Crippen LogP contribution in [0, 0.1) is 14.9 Å². The molecule has 0 nitrogen and oxygen atoms in total. The molecule has 0 aliphatic rings. The summed E-state index contributed by atoms with van der Waals surface area (Å²) in [5.74, 6) is 0. The average molecular weight is 352 g/mol. The molecule has 0 fully saturated rings. The first-order chi connectivity index (χ1) is 3.35. The summed E-state index contributed by atoms with van der Waals surface area (Å²) in [6, 6.07) is 0. The minimum atomic E-state index is 0. The zero-order valence-electron chi connectivity index (χ0n) is 8.87. The molecule has 0 bridgehead atoms. The number of hydrogen-bond donors (Lipinski definition) is 0. The zero-order chi connectivity index (χ0) is 5.70. The quantitative estimate of drug-likeness (QED) is 0.416. The summed E-state index contributed by atoms with van der Waals surface area (Å²) in [5, 5.41) is 0. The van der Waals surface area contributed by atoms with Crippen LogP contribution in [0.2, 0.25) is 0 Å². The largest absolute Gasteiger partial charge is 0.358 e. The molecule has 0 aromatic carbocycles. The van der Waals surface area contributed by atoms with Gasteiger partial charge in [-0.15, -0.1) is 7.92 Å². The van der Waals surface area contributed by atoms with Gasteiger partial charge >= 0.3 is 0 Å². The molecule has 3 heteroatoms. The average Bonchev–Trinajstić information content (AvgIpc) is 1.72. The van der Waals surface area contributed by atoms with Crippen LogP contribution in [-0.4, -0.2) is 37.3 Å². The Bertz CT molecular complexity index is 35.6. The van der Waals surface area contributed by atoms with Gasteiger partial charge in [0.25, 0.3) is 0 Å². The van der Waals surface area contributed by atoms with Gasteiger partial charge in [0.15, 0.2) is 0 Å². The van der Waals surface area contributed by atoms with Crippen LogP contribution in [-0.2, 0) is 22.4 Å². The van der Waals surface area contributed by atoms with E-state index >= 15 is 0 Å². The monoisotopic (exact) mass is 352 g/mol. The molecule has 2 radical (unpaired) electrons. The van der Waals surface area contributed by atoms with Crippen LogP contribution in [0.4, 0.5) is 0 Å². The van der Waals surface area contributed by atoms with Gasteiger partial charge in [-0.25, -0.2) is 0 Å². The second kappa shape index (κ2) is 22.6. The molecule has 0 amide bonds. The Labute approximate surface area is 103 Å². The Morgan fingerprint density at radius 1 is 0.818 bits per heavy atom. The minimum absolute atomic E-state index is 0. The first-order valence-corrected chi connectivity index (χ1v) is 4.97. The number of rotatable bonds is 3. The fourth-order valence-corrected chi connectivity index (χ4v) is 2.01. The van der Waals surface area contributed by atoms with E-state index < -0.39 is 0 Å². The van der Waals surface area contributed by atoms with Crippen LogP contribution < -0.4 is 0 Å². The standard InChI is InChI=1S/C6H15P.2CH3.Au.Li/c1-4-7(5-2)6-3;;;;/h4-6H2,1-3H3;2*1H3;;/q;2*-1;;. The molecule has 72 valence electrons. The van der Waals surface area contributed by atoms with Gasteiger partial charge in [0.1, 0.15) is 0 Å². The van der Waals surface area contributed by atoms with Gasteiger partial charge in [-0.3, -0.25) is 0 Å². The fourth-order valence-electron chi connectivity index (χ4n) is 0.671. The molecule has 0 aliphatic heterocycles. The number of hydrogen-bond acceptors (Lipinski definition) is 0. The second-order valence-corrected chi connectivity index (χ2v) is 4.86. The maximum atomic E-state index is 2.29. The molecule has 0 heterocycles. The van der Waals surface area contributed by atoms with Gasteiger partial charge in [-0.05, 0) is 18.5 Å². The third kappa shape index (κ3) is 18.6. The zero-order valence-corrected chi connectivity index (χ0v) is 11.9. The molecule has 0 saturated heterocycles. The normalized spacial score (nSPS) is 6.55. The summed E-state index contributed by atoms with van der Waals surface area (Å²) in [6.07, 6.45) is 4.26. The van der Waals surface area contributed by atoms with Crippen molar-refractivity contribution in [3.8, 4) is 0 Å². The van der Waals surface area contributed by atoms with Gasteiger partial charge in [0, 0.05) is 41.2 Å². The summed E-state index contributed by atoms with van der Waals surface area (Å²) in [5.41, 5.74) is 0. The molecular formula is C8H21AuLiP-2. The Morgan fingerprint density at radius 2 is 1.00 bits per heavy atom. The van der Waals surface area contributed by atoms with E-state index in [-0.39, 0.29) is 56.1 Å². The molecule has 0 aromatic rings. The summed E-state index contributed by atoms with van der Waals surface area (Å²) < 4.78 is 0. The van der Waals surface area contributed by atoms with Crippen LogP contribution in [0.3, 0.4) is 0 Å². The van der Waals surface area contributed by atoms with E-state index in [0.29, 0.717) is 7.92 Å². The van der Waals surface area contributed by atoms with E-state index in [1.807, 2.05) is 0 Å². The van der Waals surface area contributed by atoms with Gasteiger partial charge < -0.3 is 14.9 Å². The van der Waals surface area contributed by atoms with Crippen molar-refractivity contribution in [2.24, 2.45) is 0 Å². The van der Waals surface area contributed by atoms with Crippen molar-refractivity contribution in [1.82, 2.24) is 0 Å². The molecular weight excluding hydrogens is 331 g/mol. The van der Waals surface area contributed by atoms with Crippen molar-refractivity contribution in [3.05, 3.63) is 14.9 Å². The molecule has 0 aromatic heterocycles. The first-order valence-electron chi connectivity index (χ1n) is 3.07. The third-order valence-electron chi connectivity index (χ3n) is 1.34. The fraction of sp³-hybridized carbons (Fsp3) is 0.750. The van der Waals surface area contributed by atoms with Crippen LogP contribution in [0.25, 0.3) is 0 Å². The van der Waals surface area contributed by atoms with Crippen molar-refractivity contribution in [2.75, 3.05) is 18.5 Å². The molecule has 0 aliphatic carbocycles. The van der Waals surface area contributed by atoms with E-state index in [9.17, 15) is 0 Å². The third-order valence-corrected chi connectivity index (χ3v) is 4.02. The topological polar surface area (TPSA) is 0 Å². The van der Waals surface area contributed by atoms with Crippen LogP contribution in [0.15, 0.2) is 0 Å². The molecule has 0 spiro atoms. The summed E-state index contributed by atoms with van der Waals surface area (Å²) in [4.78, 5) is 0. The van der Waals surface area contributed by atoms with Crippen molar-refractivity contribution < 1.29 is 22.4 Å². The van der Waals surface area contributed by atoms with E-state index in [1.165, 1.54) is 18.5 Å². The van der Waals surface area contributed by atoms with Crippen molar-refractivity contribution in [1.29, 1.82) is 0 Å². The molecule has 0 N–H and O–H groups in total. The van der Waals surface area contributed by atoms with Gasteiger partial charge in [0.2, 0.25) is 0 Å². The van der Waals surface area contributed by atoms with Crippen LogP contribution >= 0.6 is 7.92 Å². The van der Waals surface area contributed by atoms with Crippen molar-refractivity contribution in [2.45, 2.75) is 20.8 Å². The Balaban J connectivity index is -0.0000000300. The second-order valence-electron chi connectivity index (χ2n) is 1.62. The van der Waals surface area contributed by atoms with E-state index in [0.717, 1.165) is 0 Å². The summed E-state index contributed by atoms with van der Waals surface area (Å²) in [7, 11) is 0.446. The summed E-state index contributed by atoms with van der Waals surface area (Å²) >= 11 is 0. The Morgan fingerprint density at radius 3 is 1.00 bits per heavy atom. The Hall–Kier alpha value is 1.77. The van der Waals surface area contributed by atoms with Gasteiger partial charge in [-0.1, -0.05) is 20.8 Å². The van der Waals surface area contributed by atoms with E-state index in [4.69, 9.17) is 0 Å². The minimum Gasteiger partial charge on any atom is -0.358 e. The maximum absolute atomic E-state index is 2.29. The van der Waals surface area contributed by atoms with E-state index in [1.54, 1.807) is 0 Å². The van der Waals surface area contributed by atoms with Gasteiger partial charge in [-0.2, -0.15) is 0 Å². The SMILES string of the molecule is CCP(CC)CC.[Au].[CH3-].[CH3-].[Li]. The van der Waals surface area contributed by atoms with E-state index in [2.05, 4.69) is 20.8 Å². The molecule has 11 heavy (non-hydrogen) atoms. The Kier molecular flexibility index (Phi) is 60.2. The van der Waals surface area contributed by atoms with Gasteiger partial charge in [0.05, 0.1) is 0 Å². The van der Waals surface area contributed by atoms with Crippen LogP contribution in [0.1, 0.15) is 20.8 Å². The molecule has 0 rings (SSSR count).